The van der Waals surface area contributed by atoms with Gasteiger partial charge >= 0.3 is 0 Å². The van der Waals surface area contributed by atoms with Gasteiger partial charge in [-0.2, -0.15) is 5.10 Å². The third kappa shape index (κ3) is 5.81. The van der Waals surface area contributed by atoms with E-state index in [0.717, 1.165) is 31.6 Å². The van der Waals surface area contributed by atoms with Crippen molar-refractivity contribution in [1.82, 2.24) is 15.1 Å². The molecule has 0 radical (unpaired) electrons. The molecule has 2 N–H and O–H groups in total. The normalized spacial score (nSPS) is 14.1. The molecule has 1 fully saturated rings. The van der Waals surface area contributed by atoms with Gasteiger partial charge in [0.05, 0.1) is 5.69 Å². The zero-order valence-electron chi connectivity index (χ0n) is 19.3. The predicted octanol–water partition coefficient (Wildman–Crippen LogP) is 4.54. The van der Waals surface area contributed by atoms with Crippen LogP contribution in [0.4, 0.5) is 15.8 Å². The van der Waals surface area contributed by atoms with Crippen molar-refractivity contribution in [3.8, 4) is 5.69 Å². The van der Waals surface area contributed by atoms with Gasteiger partial charge in [-0.3, -0.25) is 9.59 Å². The van der Waals surface area contributed by atoms with Crippen LogP contribution in [-0.2, 0) is 4.79 Å². The molecule has 0 spiro atoms. The number of unbranched alkanes of at least 4 members (excludes halogenated alkanes) is 1. The highest BCUT2D eigenvalue weighted by Crippen LogP contribution is 2.23. The van der Waals surface area contributed by atoms with E-state index in [1.807, 2.05) is 25.1 Å². The molecule has 1 aromatic heterocycles. The number of nitrogens with one attached hydrogen (secondary N) is 2. The maximum Gasteiger partial charge on any atom is 0.272 e. The molecule has 2 aromatic carbocycles. The summed E-state index contributed by atoms with van der Waals surface area (Å²) in [6.45, 7) is 4.09. The van der Waals surface area contributed by atoms with Gasteiger partial charge in [0.25, 0.3) is 5.91 Å². The summed E-state index contributed by atoms with van der Waals surface area (Å²) in [7, 11) is 0. The number of rotatable bonds is 9. The number of hydrogen-bond donors (Lipinski definition) is 2. The summed E-state index contributed by atoms with van der Waals surface area (Å²) in [6.07, 6.45) is 6.22. The predicted molar refractivity (Wildman–Crippen MR) is 131 cm³/mol. The van der Waals surface area contributed by atoms with Gasteiger partial charge in [-0.1, -0.05) is 25.8 Å². The van der Waals surface area contributed by atoms with Crippen LogP contribution in [0.25, 0.3) is 5.69 Å². The molecule has 3 aromatic rings. The molecule has 1 atom stereocenters. The topological polar surface area (TPSA) is 79.3 Å². The first kappa shape index (κ1) is 23.5. The minimum absolute atomic E-state index is 0.189. The van der Waals surface area contributed by atoms with Crippen LogP contribution >= 0.6 is 0 Å². The minimum atomic E-state index is -0.682. The Hall–Kier alpha value is -3.68. The Labute approximate surface area is 199 Å². The zero-order chi connectivity index (χ0) is 23.9. The lowest BCUT2D eigenvalue weighted by Gasteiger charge is -2.20. The van der Waals surface area contributed by atoms with Crippen LogP contribution in [0.3, 0.4) is 0 Å². The lowest BCUT2D eigenvalue weighted by molar-refractivity contribution is -0.118. The maximum atomic E-state index is 13.2. The fourth-order valence-electron chi connectivity index (χ4n) is 4.08. The molecule has 2 heterocycles. The minimum Gasteiger partial charge on any atom is -0.371 e. The molecule has 7 nitrogen and oxygen atoms in total. The molecule has 0 bridgehead atoms. The van der Waals surface area contributed by atoms with Gasteiger partial charge in [0.15, 0.2) is 5.69 Å². The number of halogens is 1. The fourth-order valence-corrected chi connectivity index (χ4v) is 4.08. The first-order chi connectivity index (χ1) is 16.5. The molecule has 1 unspecified atom stereocenters. The summed E-state index contributed by atoms with van der Waals surface area (Å²) in [5.74, 6) is -1.02. The fraction of sp³-hybridized carbons (Fsp3) is 0.346. The van der Waals surface area contributed by atoms with E-state index in [9.17, 15) is 14.0 Å². The Morgan fingerprint density at radius 1 is 1.06 bits per heavy atom. The number of hydrogen-bond acceptors (Lipinski definition) is 4. The summed E-state index contributed by atoms with van der Waals surface area (Å²) in [4.78, 5) is 28.3. The highest BCUT2D eigenvalue weighted by Gasteiger charge is 2.23. The molecule has 0 saturated carbocycles. The van der Waals surface area contributed by atoms with Crippen molar-refractivity contribution in [2.24, 2.45) is 0 Å². The van der Waals surface area contributed by atoms with Crippen LogP contribution in [0.1, 0.15) is 49.5 Å². The number of anilines is 2. The number of aromatic nitrogens is 2. The van der Waals surface area contributed by atoms with Crippen molar-refractivity contribution >= 4 is 23.2 Å². The van der Waals surface area contributed by atoms with E-state index < -0.39 is 11.9 Å². The van der Waals surface area contributed by atoms with E-state index >= 15 is 0 Å². The summed E-state index contributed by atoms with van der Waals surface area (Å²) in [5.41, 5.74) is 2.63. The summed E-state index contributed by atoms with van der Waals surface area (Å²) < 4.78 is 14.7. The lowest BCUT2D eigenvalue weighted by Crippen LogP contribution is -2.44. The van der Waals surface area contributed by atoms with Crippen LogP contribution < -0.4 is 15.5 Å². The summed E-state index contributed by atoms with van der Waals surface area (Å²) in [5, 5.41) is 10.1. The second kappa shape index (κ2) is 11.0. The largest absolute Gasteiger partial charge is 0.371 e. The number of benzene rings is 2. The smallest absolute Gasteiger partial charge is 0.272 e. The van der Waals surface area contributed by atoms with Gasteiger partial charge < -0.3 is 15.5 Å². The zero-order valence-corrected chi connectivity index (χ0v) is 19.3. The van der Waals surface area contributed by atoms with Crippen LogP contribution in [-0.4, -0.2) is 40.7 Å². The molecule has 1 aliphatic rings. The quantitative estimate of drug-likeness (QED) is 0.488. The Balaban J connectivity index is 1.43. The molecule has 4 rings (SSSR count). The highest BCUT2D eigenvalue weighted by atomic mass is 19.1. The van der Waals surface area contributed by atoms with Crippen molar-refractivity contribution in [3.05, 3.63) is 72.3 Å². The lowest BCUT2D eigenvalue weighted by atomic mass is 10.1. The number of nitrogens with zero attached hydrogens (tertiary/aromatic N) is 3. The Bertz CT molecular complexity index is 1120. The number of amides is 2. The van der Waals surface area contributed by atoms with E-state index in [1.165, 1.54) is 29.7 Å². The molecular formula is C26H30FN5O2. The standard InChI is InChI=1S/C26H30FN5O2/c1-2-3-9-23(25(33)28-20-7-6-8-22(18-20)31-15-4-5-16-31)29-26(34)24-14-17-32(30-24)21-12-10-19(27)11-13-21/h6-8,10-14,17-18,23H,2-5,9,15-16H2,1H3,(H,28,33)(H,29,34). The van der Waals surface area contributed by atoms with Gasteiger partial charge in [0.2, 0.25) is 5.91 Å². The van der Waals surface area contributed by atoms with E-state index in [2.05, 4.69) is 26.7 Å². The van der Waals surface area contributed by atoms with Crippen molar-refractivity contribution in [3.63, 3.8) is 0 Å². The van der Waals surface area contributed by atoms with Gasteiger partial charge in [-0.05, 0) is 67.8 Å². The molecule has 2 amide bonds. The third-order valence-electron chi connectivity index (χ3n) is 5.97. The van der Waals surface area contributed by atoms with E-state index in [0.29, 0.717) is 17.8 Å². The van der Waals surface area contributed by atoms with Crippen molar-refractivity contribution in [2.45, 2.75) is 45.1 Å². The van der Waals surface area contributed by atoms with E-state index in [-0.39, 0.29) is 17.4 Å². The third-order valence-corrected chi connectivity index (χ3v) is 5.97. The molecule has 178 valence electrons. The van der Waals surface area contributed by atoms with Crippen molar-refractivity contribution < 1.29 is 14.0 Å². The number of carbonyl (C=O) groups is 2. The summed E-state index contributed by atoms with van der Waals surface area (Å²) >= 11 is 0. The monoisotopic (exact) mass is 463 g/mol. The summed E-state index contributed by atoms with van der Waals surface area (Å²) in [6, 6.07) is 14.6. The first-order valence-corrected chi connectivity index (χ1v) is 11.8. The highest BCUT2D eigenvalue weighted by molar-refractivity contribution is 6.00. The molecule has 8 heteroatoms. The molecule has 1 aliphatic heterocycles. The second-order valence-electron chi connectivity index (χ2n) is 8.52. The molecule has 0 aliphatic carbocycles. The van der Waals surface area contributed by atoms with Gasteiger partial charge in [0, 0.05) is 30.7 Å². The maximum absolute atomic E-state index is 13.2. The second-order valence-corrected chi connectivity index (χ2v) is 8.52. The number of carbonyl (C=O) groups excluding carboxylic acids is 2. The Kier molecular flexibility index (Phi) is 7.57. The van der Waals surface area contributed by atoms with Crippen LogP contribution in [0.5, 0.6) is 0 Å². The Morgan fingerprint density at radius 3 is 2.56 bits per heavy atom. The molecule has 1 saturated heterocycles. The van der Waals surface area contributed by atoms with Gasteiger partial charge in [0.1, 0.15) is 11.9 Å². The van der Waals surface area contributed by atoms with Crippen molar-refractivity contribution in [2.75, 3.05) is 23.3 Å². The van der Waals surface area contributed by atoms with Gasteiger partial charge in [-0.25, -0.2) is 9.07 Å². The average Bonchev–Trinajstić information content (AvgIpc) is 3.55. The van der Waals surface area contributed by atoms with Crippen molar-refractivity contribution in [1.29, 1.82) is 0 Å². The molecular weight excluding hydrogens is 433 g/mol. The van der Waals surface area contributed by atoms with Crippen LogP contribution in [0.2, 0.25) is 0 Å². The Morgan fingerprint density at radius 2 is 1.82 bits per heavy atom. The van der Waals surface area contributed by atoms with E-state index in [4.69, 9.17) is 0 Å². The van der Waals surface area contributed by atoms with Crippen LogP contribution in [0.15, 0.2) is 60.8 Å². The van der Waals surface area contributed by atoms with Gasteiger partial charge in [-0.15, -0.1) is 0 Å². The average molecular weight is 464 g/mol. The first-order valence-electron chi connectivity index (χ1n) is 11.8. The van der Waals surface area contributed by atoms with E-state index in [1.54, 1.807) is 24.4 Å². The SMILES string of the molecule is CCCCC(NC(=O)c1ccn(-c2ccc(F)cc2)n1)C(=O)Nc1cccc(N2CCCC2)c1. The van der Waals surface area contributed by atoms with Crippen LogP contribution in [0, 0.1) is 5.82 Å². The molecule has 34 heavy (non-hydrogen) atoms.